The van der Waals surface area contributed by atoms with Gasteiger partial charge in [-0.25, -0.2) is 0 Å². The van der Waals surface area contributed by atoms with Crippen LogP contribution >= 0.6 is 0 Å². The first-order chi connectivity index (χ1) is 7.10. The standard InChI is InChI=1S/C9H14N2O4/c1-3-15-9(14)6-11(2)5-4-8(13)10-7-12/h4-5,7H,3,6H2,1-2H3,(H,10,12,13)/b5-4-. The molecule has 0 unspecified atom stereocenters. The quantitative estimate of drug-likeness (QED) is 0.358. The Morgan fingerprint density at radius 3 is 2.67 bits per heavy atom. The van der Waals surface area contributed by atoms with Gasteiger partial charge in [0.15, 0.2) is 0 Å². The van der Waals surface area contributed by atoms with E-state index in [2.05, 4.69) is 0 Å². The lowest BCUT2D eigenvalue weighted by molar-refractivity contribution is -0.143. The van der Waals surface area contributed by atoms with E-state index >= 15 is 0 Å². The molecule has 0 aromatic carbocycles. The van der Waals surface area contributed by atoms with Crippen molar-refractivity contribution < 1.29 is 19.1 Å². The zero-order valence-corrected chi connectivity index (χ0v) is 8.73. The molecule has 15 heavy (non-hydrogen) atoms. The van der Waals surface area contributed by atoms with Crippen LogP contribution < -0.4 is 5.32 Å². The molecule has 0 heterocycles. The molecule has 0 atom stereocenters. The Balaban J connectivity index is 3.91. The van der Waals surface area contributed by atoms with E-state index in [0.717, 1.165) is 6.08 Å². The minimum absolute atomic E-state index is 0.0543. The average molecular weight is 214 g/mol. The van der Waals surface area contributed by atoms with Crippen LogP contribution in [0.3, 0.4) is 0 Å². The summed E-state index contributed by atoms with van der Waals surface area (Å²) in [7, 11) is 1.61. The lowest BCUT2D eigenvalue weighted by Gasteiger charge is -2.11. The fourth-order valence-electron chi connectivity index (χ4n) is 0.764. The molecule has 1 N–H and O–H groups in total. The van der Waals surface area contributed by atoms with E-state index in [1.54, 1.807) is 14.0 Å². The number of carbonyl (C=O) groups is 3. The Bertz CT molecular complexity index is 263. The van der Waals surface area contributed by atoms with Gasteiger partial charge in [0.05, 0.1) is 6.61 Å². The number of esters is 1. The van der Waals surface area contributed by atoms with Gasteiger partial charge >= 0.3 is 5.97 Å². The molecule has 0 radical (unpaired) electrons. The van der Waals surface area contributed by atoms with Gasteiger partial charge in [-0.1, -0.05) is 0 Å². The Kier molecular flexibility index (Phi) is 6.61. The minimum atomic E-state index is -0.541. The molecule has 0 aliphatic rings. The van der Waals surface area contributed by atoms with Crippen molar-refractivity contribution >= 4 is 18.3 Å². The molecule has 2 amide bonds. The van der Waals surface area contributed by atoms with Crippen molar-refractivity contribution in [3.05, 3.63) is 12.3 Å². The highest BCUT2D eigenvalue weighted by Crippen LogP contribution is 1.87. The van der Waals surface area contributed by atoms with E-state index in [1.807, 2.05) is 5.32 Å². The highest BCUT2D eigenvalue weighted by molar-refractivity contribution is 5.94. The van der Waals surface area contributed by atoms with Crippen LogP contribution in [0.25, 0.3) is 0 Å². The van der Waals surface area contributed by atoms with Crippen molar-refractivity contribution in [2.75, 3.05) is 20.2 Å². The molecular weight excluding hydrogens is 200 g/mol. The second-order valence-electron chi connectivity index (χ2n) is 2.66. The monoisotopic (exact) mass is 214 g/mol. The molecule has 0 spiro atoms. The molecule has 0 aromatic rings. The van der Waals surface area contributed by atoms with Gasteiger partial charge in [-0.3, -0.25) is 19.7 Å². The largest absolute Gasteiger partial charge is 0.465 e. The number of nitrogens with one attached hydrogen (secondary N) is 1. The van der Waals surface area contributed by atoms with Gasteiger partial charge in [-0.2, -0.15) is 0 Å². The Morgan fingerprint density at radius 2 is 2.13 bits per heavy atom. The fourth-order valence-corrected chi connectivity index (χ4v) is 0.764. The summed E-state index contributed by atoms with van der Waals surface area (Å²) in [4.78, 5) is 33.1. The third-order valence-electron chi connectivity index (χ3n) is 1.37. The zero-order chi connectivity index (χ0) is 11.7. The molecule has 0 fully saturated rings. The van der Waals surface area contributed by atoms with Crippen LogP contribution in [-0.4, -0.2) is 43.4 Å². The van der Waals surface area contributed by atoms with E-state index in [1.165, 1.54) is 11.1 Å². The van der Waals surface area contributed by atoms with Crippen molar-refractivity contribution in [2.45, 2.75) is 6.92 Å². The van der Waals surface area contributed by atoms with E-state index in [0.29, 0.717) is 6.61 Å². The number of hydrogen-bond donors (Lipinski definition) is 1. The Morgan fingerprint density at radius 1 is 1.47 bits per heavy atom. The molecule has 0 saturated heterocycles. The summed E-state index contributed by atoms with van der Waals surface area (Å²) in [6.45, 7) is 2.09. The molecule has 0 aliphatic heterocycles. The van der Waals surface area contributed by atoms with Crippen LogP contribution in [0.1, 0.15) is 6.92 Å². The molecule has 6 nitrogen and oxygen atoms in total. The highest BCUT2D eigenvalue weighted by Gasteiger charge is 2.03. The predicted octanol–water partition coefficient (Wildman–Crippen LogP) is -0.732. The first-order valence-corrected chi connectivity index (χ1v) is 4.38. The maximum atomic E-state index is 11.0. The van der Waals surface area contributed by atoms with Crippen LogP contribution in [0.4, 0.5) is 0 Å². The van der Waals surface area contributed by atoms with Crippen molar-refractivity contribution in [1.82, 2.24) is 10.2 Å². The van der Waals surface area contributed by atoms with Gasteiger partial charge in [0, 0.05) is 19.3 Å². The van der Waals surface area contributed by atoms with Crippen LogP contribution in [0, 0.1) is 0 Å². The molecule has 6 heteroatoms. The summed E-state index contributed by atoms with van der Waals surface area (Å²) < 4.78 is 4.70. The number of nitrogens with zero attached hydrogens (tertiary/aromatic N) is 1. The van der Waals surface area contributed by atoms with Gasteiger partial charge in [0.1, 0.15) is 6.54 Å². The summed E-state index contributed by atoms with van der Waals surface area (Å²) >= 11 is 0. The molecule has 0 aliphatic carbocycles. The number of ether oxygens (including phenoxy) is 1. The number of likely N-dealkylation sites (N-methyl/N-ethyl adjacent to an activating group) is 1. The number of imide groups is 1. The number of amides is 2. The second kappa shape index (κ2) is 7.54. The molecule has 0 aromatic heterocycles. The summed E-state index contributed by atoms with van der Waals surface area (Å²) in [5.41, 5.74) is 0. The lowest BCUT2D eigenvalue weighted by Crippen LogP contribution is -2.24. The van der Waals surface area contributed by atoms with Crippen molar-refractivity contribution in [3.8, 4) is 0 Å². The number of rotatable bonds is 6. The smallest absolute Gasteiger partial charge is 0.325 e. The fraction of sp³-hybridized carbons (Fsp3) is 0.444. The SMILES string of the molecule is CCOC(=O)CN(C)/C=C\C(=O)NC=O. The van der Waals surface area contributed by atoms with Crippen LogP contribution in [-0.2, 0) is 19.1 Å². The van der Waals surface area contributed by atoms with E-state index in [4.69, 9.17) is 4.74 Å². The molecule has 0 saturated carbocycles. The maximum Gasteiger partial charge on any atom is 0.325 e. The van der Waals surface area contributed by atoms with Gasteiger partial charge in [0.25, 0.3) is 5.91 Å². The van der Waals surface area contributed by atoms with Crippen LogP contribution in [0.15, 0.2) is 12.3 Å². The van der Waals surface area contributed by atoms with Crippen molar-refractivity contribution in [1.29, 1.82) is 0 Å². The molecule has 0 rings (SSSR count). The van der Waals surface area contributed by atoms with Crippen LogP contribution in [0.5, 0.6) is 0 Å². The van der Waals surface area contributed by atoms with E-state index in [-0.39, 0.29) is 18.9 Å². The first kappa shape index (κ1) is 13.2. The van der Waals surface area contributed by atoms with Gasteiger partial charge in [0.2, 0.25) is 6.41 Å². The Labute approximate surface area is 87.9 Å². The van der Waals surface area contributed by atoms with Gasteiger partial charge in [-0.05, 0) is 6.92 Å². The average Bonchev–Trinajstić information content (AvgIpc) is 2.15. The third kappa shape index (κ3) is 7.24. The second-order valence-corrected chi connectivity index (χ2v) is 2.66. The van der Waals surface area contributed by atoms with Gasteiger partial charge < -0.3 is 9.64 Å². The topological polar surface area (TPSA) is 75.7 Å². The molecular formula is C9H14N2O4. The predicted molar refractivity (Wildman–Crippen MR) is 52.6 cm³/mol. The Hall–Kier alpha value is -1.85. The summed E-state index contributed by atoms with van der Waals surface area (Å²) in [6, 6.07) is 0. The summed E-state index contributed by atoms with van der Waals surface area (Å²) in [5.74, 6) is -0.916. The normalized spacial score (nSPS) is 9.73. The number of hydrogen-bond acceptors (Lipinski definition) is 5. The van der Waals surface area contributed by atoms with Crippen LogP contribution in [0.2, 0.25) is 0 Å². The lowest BCUT2D eigenvalue weighted by atomic mass is 10.5. The third-order valence-corrected chi connectivity index (χ3v) is 1.37. The van der Waals surface area contributed by atoms with Gasteiger partial charge in [-0.15, -0.1) is 0 Å². The maximum absolute atomic E-state index is 11.0. The summed E-state index contributed by atoms with van der Waals surface area (Å²) in [5, 5.41) is 1.93. The van der Waals surface area contributed by atoms with E-state index in [9.17, 15) is 14.4 Å². The highest BCUT2D eigenvalue weighted by atomic mass is 16.5. The van der Waals surface area contributed by atoms with Crippen molar-refractivity contribution in [3.63, 3.8) is 0 Å². The zero-order valence-electron chi connectivity index (χ0n) is 8.73. The summed E-state index contributed by atoms with van der Waals surface area (Å²) in [6.07, 6.45) is 2.82. The van der Waals surface area contributed by atoms with Crippen molar-refractivity contribution in [2.24, 2.45) is 0 Å². The number of carbonyl (C=O) groups excluding carboxylic acids is 3. The minimum Gasteiger partial charge on any atom is -0.465 e. The molecule has 0 bridgehead atoms. The molecule has 84 valence electrons. The van der Waals surface area contributed by atoms with E-state index < -0.39 is 5.91 Å². The first-order valence-electron chi connectivity index (χ1n) is 4.38.